The van der Waals surface area contributed by atoms with Crippen LogP contribution in [0.5, 0.6) is 11.5 Å². The summed E-state index contributed by atoms with van der Waals surface area (Å²) in [6.07, 6.45) is 7.87. The normalized spacial score (nSPS) is 22.4. The molecule has 0 aromatic heterocycles. The van der Waals surface area contributed by atoms with Crippen molar-refractivity contribution < 1.29 is 14.6 Å². The Balaban J connectivity index is 1.38. The predicted octanol–water partition coefficient (Wildman–Crippen LogP) is 3.27. The van der Waals surface area contributed by atoms with Gasteiger partial charge in [0.25, 0.3) is 0 Å². The lowest BCUT2D eigenvalue weighted by Gasteiger charge is -2.52. The van der Waals surface area contributed by atoms with E-state index in [2.05, 4.69) is 5.32 Å². The zero-order valence-electron chi connectivity index (χ0n) is 14.1. The summed E-state index contributed by atoms with van der Waals surface area (Å²) >= 11 is 0. The number of phenolic OH excluding ortho intramolecular Hbond substituents is 1. The van der Waals surface area contributed by atoms with Gasteiger partial charge in [-0.15, -0.1) is 0 Å². The monoisotopic (exact) mass is 330 g/mol. The number of amides is 2. The van der Waals surface area contributed by atoms with Gasteiger partial charge in [0, 0.05) is 18.2 Å². The Kier molecular flexibility index (Phi) is 4.02. The van der Waals surface area contributed by atoms with Crippen LogP contribution < -0.4 is 10.1 Å². The third-order valence-corrected chi connectivity index (χ3v) is 6.23. The third-order valence-electron chi connectivity index (χ3n) is 6.23. The maximum Gasteiger partial charge on any atom is 0.317 e. The molecule has 0 spiro atoms. The molecule has 2 aliphatic carbocycles. The number of nitrogens with zero attached hydrogens (tertiary/aromatic N) is 1. The molecule has 130 valence electrons. The van der Waals surface area contributed by atoms with E-state index in [1.54, 1.807) is 12.1 Å². The van der Waals surface area contributed by atoms with Gasteiger partial charge >= 0.3 is 6.03 Å². The van der Waals surface area contributed by atoms with Crippen molar-refractivity contribution >= 4 is 6.03 Å². The lowest BCUT2D eigenvalue weighted by atomic mass is 9.55. The van der Waals surface area contributed by atoms with Crippen LogP contribution in [0.3, 0.4) is 0 Å². The van der Waals surface area contributed by atoms with Gasteiger partial charge < -0.3 is 20.1 Å². The van der Waals surface area contributed by atoms with Crippen LogP contribution in [0.4, 0.5) is 4.79 Å². The van der Waals surface area contributed by atoms with Crippen LogP contribution in [-0.2, 0) is 6.54 Å². The average Bonchev–Trinajstić information content (AvgIpc) is 2.69. The number of nitrogens with one attached hydrogen (secondary N) is 1. The van der Waals surface area contributed by atoms with Crippen molar-refractivity contribution in [1.29, 1.82) is 0 Å². The summed E-state index contributed by atoms with van der Waals surface area (Å²) in [6.45, 7) is 2.36. The van der Waals surface area contributed by atoms with Gasteiger partial charge in [-0.3, -0.25) is 0 Å². The Morgan fingerprint density at radius 2 is 2.17 bits per heavy atom. The fourth-order valence-electron chi connectivity index (χ4n) is 4.28. The molecule has 1 heterocycles. The molecule has 24 heavy (non-hydrogen) atoms. The van der Waals surface area contributed by atoms with Crippen molar-refractivity contribution in [2.75, 3.05) is 19.7 Å². The molecule has 2 saturated carbocycles. The highest BCUT2D eigenvalue weighted by molar-refractivity contribution is 5.74. The summed E-state index contributed by atoms with van der Waals surface area (Å²) in [5, 5.41) is 12.8. The lowest BCUT2D eigenvalue weighted by molar-refractivity contribution is 0.00429. The van der Waals surface area contributed by atoms with Gasteiger partial charge in [0.15, 0.2) is 0 Å². The number of carbonyl (C=O) groups is 1. The minimum absolute atomic E-state index is 0.00474. The van der Waals surface area contributed by atoms with Crippen LogP contribution in [-0.4, -0.2) is 35.7 Å². The molecule has 0 unspecified atom stereocenters. The molecule has 0 bridgehead atoms. The largest absolute Gasteiger partial charge is 0.508 e. The standard InChI is InChI=1S/C19H26N2O3/c22-16-6-5-14-12-21(9-10-24-17(14)11-16)18(23)20-13-19(7-2-8-19)15-3-1-4-15/h5-6,11,15,22H,1-4,7-10,12-13H2,(H,20,23). The van der Waals surface area contributed by atoms with Gasteiger partial charge in [-0.1, -0.05) is 12.8 Å². The number of hydrogen-bond acceptors (Lipinski definition) is 3. The smallest absolute Gasteiger partial charge is 0.317 e. The van der Waals surface area contributed by atoms with Crippen molar-refractivity contribution in [2.45, 2.75) is 45.1 Å². The fourth-order valence-corrected chi connectivity index (χ4v) is 4.28. The summed E-state index contributed by atoms with van der Waals surface area (Å²) in [4.78, 5) is 14.5. The second-order valence-corrected chi connectivity index (χ2v) is 7.56. The van der Waals surface area contributed by atoms with Crippen LogP contribution in [0.1, 0.15) is 44.1 Å². The molecular weight excluding hydrogens is 304 g/mol. The predicted molar refractivity (Wildman–Crippen MR) is 91.0 cm³/mol. The van der Waals surface area contributed by atoms with Gasteiger partial charge in [-0.25, -0.2) is 4.79 Å². The number of aromatic hydroxyl groups is 1. The molecule has 2 amide bonds. The summed E-state index contributed by atoms with van der Waals surface area (Å²) in [6, 6.07) is 5.10. The molecular formula is C19H26N2O3. The van der Waals surface area contributed by atoms with Crippen molar-refractivity contribution in [2.24, 2.45) is 11.3 Å². The van der Waals surface area contributed by atoms with E-state index in [1.807, 2.05) is 11.0 Å². The number of phenols is 1. The van der Waals surface area contributed by atoms with E-state index in [9.17, 15) is 9.90 Å². The minimum atomic E-state index is 0.00474. The topological polar surface area (TPSA) is 61.8 Å². The zero-order chi connectivity index (χ0) is 16.6. The molecule has 2 N–H and O–H groups in total. The molecule has 4 rings (SSSR count). The SMILES string of the molecule is O=C(NCC1(C2CCC2)CCC1)N1CCOc2cc(O)ccc2C1. The number of urea groups is 1. The molecule has 2 fully saturated rings. The van der Waals surface area contributed by atoms with Gasteiger partial charge in [0.2, 0.25) is 0 Å². The first-order valence-electron chi connectivity index (χ1n) is 9.14. The van der Waals surface area contributed by atoms with Crippen LogP contribution in [0.2, 0.25) is 0 Å². The molecule has 3 aliphatic rings. The fraction of sp³-hybridized carbons (Fsp3) is 0.632. The van der Waals surface area contributed by atoms with Crippen LogP contribution >= 0.6 is 0 Å². The van der Waals surface area contributed by atoms with E-state index in [0.717, 1.165) is 18.0 Å². The highest BCUT2D eigenvalue weighted by Crippen LogP contribution is 2.53. The molecule has 1 aromatic rings. The van der Waals surface area contributed by atoms with Gasteiger partial charge in [-0.2, -0.15) is 0 Å². The number of hydrogen-bond donors (Lipinski definition) is 2. The second kappa shape index (κ2) is 6.19. The van der Waals surface area contributed by atoms with E-state index in [-0.39, 0.29) is 11.8 Å². The number of fused-ring (bicyclic) bond motifs is 1. The first kappa shape index (κ1) is 15.6. The average molecular weight is 330 g/mol. The summed E-state index contributed by atoms with van der Waals surface area (Å²) in [5.74, 6) is 1.69. The third kappa shape index (κ3) is 2.80. The maximum absolute atomic E-state index is 12.7. The van der Waals surface area contributed by atoms with Crippen LogP contribution in [0.25, 0.3) is 0 Å². The number of rotatable bonds is 3. The van der Waals surface area contributed by atoms with Gasteiger partial charge in [0.1, 0.15) is 18.1 Å². The molecule has 1 aliphatic heterocycles. The summed E-state index contributed by atoms with van der Waals surface area (Å²) in [7, 11) is 0. The Morgan fingerprint density at radius 1 is 1.33 bits per heavy atom. The molecule has 0 atom stereocenters. The van der Waals surface area contributed by atoms with Crippen molar-refractivity contribution in [3.8, 4) is 11.5 Å². The Hall–Kier alpha value is -1.91. The lowest BCUT2D eigenvalue weighted by Crippen LogP contribution is -2.51. The van der Waals surface area contributed by atoms with Crippen molar-refractivity contribution in [3.63, 3.8) is 0 Å². The van der Waals surface area contributed by atoms with E-state index < -0.39 is 0 Å². The van der Waals surface area contributed by atoms with Crippen molar-refractivity contribution in [3.05, 3.63) is 23.8 Å². The Morgan fingerprint density at radius 3 is 2.83 bits per heavy atom. The number of benzene rings is 1. The zero-order valence-corrected chi connectivity index (χ0v) is 14.1. The van der Waals surface area contributed by atoms with Crippen LogP contribution in [0.15, 0.2) is 18.2 Å². The highest BCUT2D eigenvalue weighted by atomic mass is 16.5. The van der Waals surface area contributed by atoms with E-state index in [0.29, 0.717) is 30.9 Å². The quantitative estimate of drug-likeness (QED) is 0.894. The first-order valence-corrected chi connectivity index (χ1v) is 9.14. The molecule has 0 radical (unpaired) electrons. The Labute approximate surface area is 143 Å². The van der Waals surface area contributed by atoms with Gasteiger partial charge in [-0.05, 0) is 49.1 Å². The van der Waals surface area contributed by atoms with E-state index in [4.69, 9.17) is 4.74 Å². The summed E-state index contributed by atoms with van der Waals surface area (Å²) in [5.41, 5.74) is 1.32. The molecule has 5 nitrogen and oxygen atoms in total. The highest BCUT2D eigenvalue weighted by Gasteiger charge is 2.46. The number of carbonyl (C=O) groups excluding carboxylic acids is 1. The minimum Gasteiger partial charge on any atom is -0.508 e. The van der Waals surface area contributed by atoms with E-state index >= 15 is 0 Å². The molecule has 0 saturated heterocycles. The first-order chi connectivity index (χ1) is 11.7. The second-order valence-electron chi connectivity index (χ2n) is 7.56. The van der Waals surface area contributed by atoms with Gasteiger partial charge in [0.05, 0.1) is 13.1 Å². The van der Waals surface area contributed by atoms with Crippen LogP contribution in [0, 0.1) is 11.3 Å². The maximum atomic E-state index is 12.7. The summed E-state index contributed by atoms with van der Waals surface area (Å²) < 4.78 is 5.67. The van der Waals surface area contributed by atoms with Crippen molar-refractivity contribution in [1.82, 2.24) is 10.2 Å². The molecule has 1 aromatic carbocycles. The molecule has 5 heteroatoms. The van der Waals surface area contributed by atoms with E-state index in [1.165, 1.54) is 38.5 Å². The number of ether oxygens (including phenoxy) is 1. The Bertz CT molecular complexity index is 623.